The standard InChI is InChI=1S/C14H28N2O2/c1-6-10(2)16-12(11-7-8-11)9-15-13(17)18-14(3,4)5/h10-12,16H,6-9H2,1-5H3,(H,15,17). The lowest BCUT2D eigenvalue weighted by Crippen LogP contribution is -2.46. The first-order valence-corrected chi connectivity index (χ1v) is 7.04. The van der Waals surface area contributed by atoms with Gasteiger partial charge in [-0.2, -0.15) is 0 Å². The van der Waals surface area contributed by atoms with E-state index < -0.39 is 5.60 Å². The second-order valence-electron chi connectivity index (χ2n) is 6.30. The molecule has 0 aromatic carbocycles. The number of hydrogen-bond donors (Lipinski definition) is 2. The molecule has 106 valence electrons. The van der Waals surface area contributed by atoms with Crippen LogP contribution < -0.4 is 10.6 Å². The lowest BCUT2D eigenvalue weighted by atomic mass is 10.1. The Morgan fingerprint density at radius 2 is 2.00 bits per heavy atom. The molecule has 0 aromatic rings. The molecule has 18 heavy (non-hydrogen) atoms. The Kier molecular flexibility index (Phi) is 5.45. The monoisotopic (exact) mass is 256 g/mol. The van der Waals surface area contributed by atoms with Crippen molar-refractivity contribution < 1.29 is 9.53 Å². The third-order valence-corrected chi connectivity index (χ3v) is 3.17. The molecule has 2 unspecified atom stereocenters. The summed E-state index contributed by atoms with van der Waals surface area (Å²) in [6.07, 6.45) is 3.32. The summed E-state index contributed by atoms with van der Waals surface area (Å²) in [7, 11) is 0. The highest BCUT2D eigenvalue weighted by Gasteiger charge is 2.32. The molecule has 0 heterocycles. The maximum absolute atomic E-state index is 11.6. The van der Waals surface area contributed by atoms with E-state index in [2.05, 4.69) is 24.5 Å². The van der Waals surface area contributed by atoms with E-state index in [0.29, 0.717) is 24.5 Å². The van der Waals surface area contributed by atoms with E-state index in [1.54, 1.807) is 0 Å². The number of hydrogen-bond acceptors (Lipinski definition) is 3. The molecule has 0 spiro atoms. The van der Waals surface area contributed by atoms with Gasteiger partial charge in [0.15, 0.2) is 0 Å². The second-order valence-corrected chi connectivity index (χ2v) is 6.30. The van der Waals surface area contributed by atoms with Crippen molar-refractivity contribution in [3.05, 3.63) is 0 Å². The van der Waals surface area contributed by atoms with Gasteiger partial charge in [-0.25, -0.2) is 4.79 Å². The lowest BCUT2D eigenvalue weighted by molar-refractivity contribution is 0.0520. The topological polar surface area (TPSA) is 50.4 Å². The number of alkyl carbamates (subject to hydrolysis) is 1. The van der Waals surface area contributed by atoms with Crippen molar-refractivity contribution in [2.24, 2.45) is 5.92 Å². The molecule has 1 aliphatic carbocycles. The zero-order valence-electron chi connectivity index (χ0n) is 12.4. The van der Waals surface area contributed by atoms with Crippen LogP contribution in [0.15, 0.2) is 0 Å². The average Bonchev–Trinajstić information content (AvgIpc) is 3.04. The Labute approximate surface area is 111 Å². The minimum atomic E-state index is -0.427. The summed E-state index contributed by atoms with van der Waals surface area (Å²) in [5, 5.41) is 6.44. The summed E-state index contributed by atoms with van der Waals surface area (Å²) in [6.45, 7) is 10.6. The molecule has 2 N–H and O–H groups in total. The van der Waals surface area contributed by atoms with Crippen molar-refractivity contribution in [3.8, 4) is 0 Å². The molecule has 0 bridgehead atoms. The van der Waals surface area contributed by atoms with Crippen LogP contribution in [0.5, 0.6) is 0 Å². The van der Waals surface area contributed by atoms with Crippen LogP contribution >= 0.6 is 0 Å². The van der Waals surface area contributed by atoms with E-state index in [-0.39, 0.29) is 6.09 Å². The van der Waals surface area contributed by atoms with Gasteiger partial charge in [-0.1, -0.05) is 6.92 Å². The zero-order valence-corrected chi connectivity index (χ0v) is 12.4. The molecule has 2 atom stereocenters. The molecule has 4 heteroatoms. The number of rotatable bonds is 6. The highest BCUT2D eigenvalue weighted by Crippen LogP contribution is 2.32. The van der Waals surface area contributed by atoms with Gasteiger partial charge in [-0.3, -0.25) is 0 Å². The van der Waals surface area contributed by atoms with E-state index in [4.69, 9.17) is 4.74 Å². The van der Waals surface area contributed by atoms with Crippen LogP contribution in [0.2, 0.25) is 0 Å². The fourth-order valence-electron chi connectivity index (χ4n) is 1.85. The molecular weight excluding hydrogens is 228 g/mol. The minimum absolute atomic E-state index is 0.320. The first-order valence-electron chi connectivity index (χ1n) is 7.04. The summed E-state index contributed by atoms with van der Waals surface area (Å²) in [6, 6.07) is 0.878. The van der Waals surface area contributed by atoms with Crippen LogP contribution in [0, 0.1) is 5.92 Å². The first-order chi connectivity index (χ1) is 8.31. The largest absolute Gasteiger partial charge is 0.444 e. The number of nitrogens with one attached hydrogen (secondary N) is 2. The number of carbonyl (C=O) groups is 1. The molecule has 1 saturated carbocycles. The van der Waals surface area contributed by atoms with Gasteiger partial charge >= 0.3 is 6.09 Å². The van der Waals surface area contributed by atoms with E-state index >= 15 is 0 Å². The van der Waals surface area contributed by atoms with Crippen LogP contribution in [0.25, 0.3) is 0 Å². The second kappa shape index (κ2) is 6.41. The maximum Gasteiger partial charge on any atom is 0.407 e. The molecule has 1 rings (SSSR count). The van der Waals surface area contributed by atoms with Crippen molar-refractivity contribution in [3.63, 3.8) is 0 Å². The summed E-state index contributed by atoms with van der Waals surface area (Å²) in [5.41, 5.74) is -0.427. The third-order valence-electron chi connectivity index (χ3n) is 3.17. The van der Waals surface area contributed by atoms with Crippen molar-refractivity contribution in [2.45, 2.75) is 71.6 Å². The molecule has 1 aliphatic rings. The molecule has 0 aliphatic heterocycles. The summed E-state index contributed by atoms with van der Waals surface area (Å²) in [4.78, 5) is 11.6. The quantitative estimate of drug-likeness (QED) is 0.768. The Morgan fingerprint density at radius 3 is 2.44 bits per heavy atom. The van der Waals surface area contributed by atoms with Crippen LogP contribution in [-0.2, 0) is 4.74 Å². The van der Waals surface area contributed by atoms with Crippen LogP contribution in [0.3, 0.4) is 0 Å². The van der Waals surface area contributed by atoms with E-state index in [0.717, 1.165) is 6.42 Å². The predicted molar refractivity (Wildman–Crippen MR) is 73.6 cm³/mol. The van der Waals surface area contributed by atoms with Gasteiger partial charge < -0.3 is 15.4 Å². The maximum atomic E-state index is 11.6. The third kappa shape index (κ3) is 6.24. The van der Waals surface area contributed by atoms with Crippen LogP contribution in [0.1, 0.15) is 53.9 Å². The van der Waals surface area contributed by atoms with Gasteiger partial charge in [0.25, 0.3) is 0 Å². The summed E-state index contributed by atoms with van der Waals surface area (Å²) >= 11 is 0. The Bertz CT molecular complexity index is 269. The average molecular weight is 256 g/mol. The highest BCUT2D eigenvalue weighted by molar-refractivity contribution is 5.67. The summed E-state index contributed by atoms with van der Waals surface area (Å²) < 4.78 is 5.24. The molecule has 0 aromatic heterocycles. The van der Waals surface area contributed by atoms with E-state index in [1.807, 2.05) is 20.8 Å². The highest BCUT2D eigenvalue weighted by atomic mass is 16.6. The molecule has 4 nitrogen and oxygen atoms in total. The van der Waals surface area contributed by atoms with Crippen molar-refractivity contribution in [2.75, 3.05) is 6.54 Å². The SMILES string of the molecule is CCC(C)NC(CNC(=O)OC(C)(C)C)C1CC1. The fourth-order valence-corrected chi connectivity index (χ4v) is 1.85. The lowest BCUT2D eigenvalue weighted by Gasteiger charge is -2.24. The number of carbonyl (C=O) groups excluding carboxylic acids is 1. The van der Waals surface area contributed by atoms with Crippen molar-refractivity contribution in [1.29, 1.82) is 0 Å². The fraction of sp³-hybridized carbons (Fsp3) is 0.929. The zero-order chi connectivity index (χ0) is 13.8. The van der Waals surface area contributed by atoms with Gasteiger partial charge in [0.1, 0.15) is 5.60 Å². The van der Waals surface area contributed by atoms with Crippen molar-refractivity contribution >= 4 is 6.09 Å². The van der Waals surface area contributed by atoms with Gasteiger partial charge in [0.2, 0.25) is 0 Å². The predicted octanol–water partition coefficient (Wildman–Crippen LogP) is 2.68. The molecule has 0 saturated heterocycles. The van der Waals surface area contributed by atoms with Crippen LogP contribution in [-0.4, -0.2) is 30.3 Å². The van der Waals surface area contributed by atoms with Gasteiger partial charge in [0, 0.05) is 18.6 Å². The number of amides is 1. The molecule has 1 fully saturated rings. The van der Waals surface area contributed by atoms with E-state index in [1.165, 1.54) is 12.8 Å². The van der Waals surface area contributed by atoms with Gasteiger partial charge in [-0.05, 0) is 52.9 Å². The minimum Gasteiger partial charge on any atom is -0.444 e. The smallest absolute Gasteiger partial charge is 0.407 e. The van der Waals surface area contributed by atoms with Crippen molar-refractivity contribution in [1.82, 2.24) is 10.6 Å². The molecule has 0 radical (unpaired) electrons. The van der Waals surface area contributed by atoms with E-state index in [9.17, 15) is 4.79 Å². The molecule has 1 amide bonds. The summed E-state index contributed by atoms with van der Waals surface area (Å²) in [5.74, 6) is 0.717. The van der Waals surface area contributed by atoms with Crippen LogP contribution in [0.4, 0.5) is 4.79 Å². The Morgan fingerprint density at radius 1 is 1.39 bits per heavy atom. The first kappa shape index (κ1) is 15.3. The Hall–Kier alpha value is -0.770. The van der Waals surface area contributed by atoms with Gasteiger partial charge in [-0.15, -0.1) is 0 Å². The van der Waals surface area contributed by atoms with Gasteiger partial charge in [0.05, 0.1) is 0 Å². The molecular formula is C14H28N2O2. The number of ether oxygens (including phenoxy) is 1. The Balaban J connectivity index is 2.31. The normalized spacial score (nSPS) is 19.2.